The van der Waals surface area contributed by atoms with Gasteiger partial charge in [-0.1, -0.05) is 197 Å². The molecule has 0 saturated heterocycles. The van der Waals surface area contributed by atoms with Crippen molar-refractivity contribution < 1.29 is 0 Å². The van der Waals surface area contributed by atoms with Crippen molar-refractivity contribution in [3.8, 4) is 0 Å². The average molecular weight is 793 g/mol. The number of rotatable bonds is 6. The van der Waals surface area contributed by atoms with Gasteiger partial charge in [-0.25, -0.2) is 0 Å². The highest BCUT2D eigenvalue weighted by Crippen LogP contribution is 2.52. The fourth-order valence-electron chi connectivity index (χ4n) is 10.3. The lowest BCUT2D eigenvalue weighted by atomic mass is 9.80. The highest BCUT2D eigenvalue weighted by atomic mass is 15.2. The van der Waals surface area contributed by atoms with Gasteiger partial charge < -0.3 is 9.80 Å². The van der Waals surface area contributed by atoms with E-state index < -0.39 is 0 Å². The lowest BCUT2D eigenvalue weighted by molar-refractivity contribution is 0.596. The summed E-state index contributed by atoms with van der Waals surface area (Å²) < 4.78 is 0. The Labute approximate surface area is 361 Å². The van der Waals surface area contributed by atoms with Crippen molar-refractivity contribution in [1.29, 1.82) is 0 Å². The highest BCUT2D eigenvalue weighted by Gasteiger charge is 2.28. The normalized spacial score (nSPS) is 12.1. The second kappa shape index (κ2) is 13.9. The van der Waals surface area contributed by atoms with Crippen LogP contribution in [-0.4, -0.2) is 0 Å². The number of anilines is 6. The van der Waals surface area contributed by atoms with Crippen LogP contribution < -0.4 is 9.80 Å². The largest absolute Gasteiger partial charge is 0.309 e. The molecule has 0 aliphatic rings. The van der Waals surface area contributed by atoms with Crippen LogP contribution in [0.2, 0.25) is 0 Å². The van der Waals surface area contributed by atoms with Gasteiger partial charge in [0, 0.05) is 32.3 Å². The molecular weight excluding hydrogens is 749 g/mol. The quantitative estimate of drug-likeness (QED) is 0.155. The van der Waals surface area contributed by atoms with Crippen molar-refractivity contribution in [3.05, 3.63) is 218 Å². The Hall–Kier alpha value is -7.68. The Bertz CT molecular complexity index is 3520. The van der Waals surface area contributed by atoms with E-state index in [4.69, 9.17) is 0 Å². The van der Waals surface area contributed by atoms with Crippen LogP contribution in [0.1, 0.15) is 26.3 Å². The van der Waals surface area contributed by atoms with Crippen molar-refractivity contribution in [2.45, 2.75) is 26.2 Å². The molecule has 62 heavy (non-hydrogen) atoms. The van der Waals surface area contributed by atoms with E-state index in [0.29, 0.717) is 0 Å². The van der Waals surface area contributed by atoms with Gasteiger partial charge in [-0.3, -0.25) is 0 Å². The zero-order valence-electron chi connectivity index (χ0n) is 35.1. The first-order valence-corrected chi connectivity index (χ1v) is 21.7. The Kier molecular flexibility index (Phi) is 8.14. The third-order valence-electron chi connectivity index (χ3n) is 13.1. The molecule has 294 valence electrons. The Morgan fingerprint density at radius 1 is 0.258 bits per heavy atom. The summed E-state index contributed by atoms with van der Waals surface area (Å²) in [4.78, 5) is 5.06. The third-order valence-corrected chi connectivity index (χ3v) is 13.1. The van der Waals surface area contributed by atoms with Gasteiger partial charge in [-0.05, 0) is 90.5 Å². The van der Waals surface area contributed by atoms with Crippen LogP contribution >= 0.6 is 0 Å². The monoisotopic (exact) mass is 792 g/mol. The molecule has 0 saturated carbocycles. The first-order chi connectivity index (χ1) is 30.4. The molecule has 2 heteroatoms. The van der Waals surface area contributed by atoms with Crippen molar-refractivity contribution >= 4 is 110 Å². The van der Waals surface area contributed by atoms with Crippen LogP contribution in [0.15, 0.2) is 212 Å². The molecule has 0 N–H and O–H groups in total. The number of nitrogens with zero attached hydrogens (tertiary/aromatic N) is 2. The summed E-state index contributed by atoms with van der Waals surface area (Å²) in [7, 11) is 0. The first kappa shape index (κ1) is 36.2. The predicted molar refractivity (Wildman–Crippen MR) is 268 cm³/mol. The molecule has 0 aromatic heterocycles. The minimum absolute atomic E-state index is 0.152. The molecule has 0 radical (unpaired) electrons. The van der Waals surface area contributed by atoms with Gasteiger partial charge in [0.2, 0.25) is 0 Å². The maximum Gasteiger partial charge on any atom is 0.0544 e. The molecule has 0 spiro atoms. The topological polar surface area (TPSA) is 6.48 Å². The van der Waals surface area contributed by atoms with Gasteiger partial charge in [0.15, 0.2) is 0 Å². The van der Waals surface area contributed by atoms with Gasteiger partial charge in [-0.2, -0.15) is 0 Å². The standard InChI is InChI=1S/C60H44N2/c1-60(2,3)51-38-57(62(54-30-14-22-41-18-6-10-26-46(41)54)55-31-15-23-42-19-7-11-27-47(42)55)50-34-32-43-33-37-56(49-36-35-48(51)59(50)58(43)49)61(52-28-12-20-39-16-4-8-24-44(39)52)53-29-13-21-40-17-5-9-25-45(40)53/h4-38H,1-3H3. The van der Waals surface area contributed by atoms with E-state index in [2.05, 4.69) is 243 Å². The summed E-state index contributed by atoms with van der Waals surface area (Å²) >= 11 is 0. The fourth-order valence-corrected chi connectivity index (χ4v) is 10.3. The first-order valence-electron chi connectivity index (χ1n) is 21.7. The van der Waals surface area contributed by atoms with E-state index >= 15 is 0 Å². The summed E-state index contributed by atoms with van der Waals surface area (Å²) in [6.07, 6.45) is 0. The second-order valence-electron chi connectivity index (χ2n) is 17.7. The molecule has 12 aromatic rings. The van der Waals surface area contributed by atoms with E-state index in [9.17, 15) is 0 Å². The van der Waals surface area contributed by atoms with Crippen LogP contribution in [0.3, 0.4) is 0 Å². The molecule has 0 aliphatic heterocycles. The Morgan fingerprint density at radius 3 is 1.05 bits per heavy atom. The van der Waals surface area contributed by atoms with Gasteiger partial charge in [0.25, 0.3) is 0 Å². The Morgan fingerprint density at radius 2 is 0.597 bits per heavy atom. The fraction of sp³-hybridized carbons (Fsp3) is 0.0667. The van der Waals surface area contributed by atoms with E-state index in [1.807, 2.05) is 0 Å². The average Bonchev–Trinajstić information content (AvgIpc) is 3.31. The predicted octanol–water partition coefficient (Wildman–Crippen LogP) is 17.4. The lowest BCUT2D eigenvalue weighted by Gasteiger charge is -2.33. The van der Waals surface area contributed by atoms with Crippen molar-refractivity contribution in [2.75, 3.05) is 9.80 Å². The summed E-state index contributed by atoms with van der Waals surface area (Å²) in [5.41, 5.74) is 8.14. The van der Waals surface area contributed by atoms with E-state index in [0.717, 1.165) is 28.4 Å². The molecule has 0 atom stereocenters. The van der Waals surface area contributed by atoms with Crippen molar-refractivity contribution in [3.63, 3.8) is 0 Å². The molecule has 12 rings (SSSR count). The number of hydrogen-bond acceptors (Lipinski definition) is 2. The minimum Gasteiger partial charge on any atom is -0.309 e. The van der Waals surface area contributed by atoms with Gasteiger partial charge >= 0.3 is 0 Å². The van der Waals surface area contributed by atoms with E-state index in [1.54, 1.807) is 0 Å². The molecule has 12 aromatic carbocycles. The number of hydrogen-bond donors (Lipinski definition) is 0. The minimum atomic E-state index is -0.152. The molecule has 2 nitrogen and oxygen atoms in total. The maximum atomic E-state index is 2.55. The van der Waals surface area contributed by atoms with Crippen molar-refractivity contribution in [1.82, 2.24) is 0 Å². The number of benzene rings is 12. The van der Waals surface area contributed by atoms with Crippen LogP contribution in [0.25, 0.3) is 75.4 Å². The summed E-state index contributed by atoms with van der Waals surface area (Å²) in [5.74, 6) is 0. The molecule has 0 amide bonds. The molecule has 0 aliphatic carbocycles. The third kappa shape index (κ3) is 5.57. The SMILES string of the molecule is CC(C)(C)c1cc(N(c2cccc3ccccc23)c2cccc3ccccc23)c2ccc3ccc(N(c4cccc5ccccc45)c4cccc5ccccc45)c4ccc1c2c34. The molecule has 0 bridgehead atoms. The smallest absolute Gasteiger partial charge is 0.0544 e. The summed E-state index contributed by atoms with van der Waals surface area (Å²) in [6.45, 7) is 7.08. The lowest BCUT2D eigenvalue weighted by Crippen LogP contribution is -2.16. The van der Waals surface area contributed by atoms with Crippen LogP contribution in [0.5, 0.6) is 0 Å². The molecule has 0 fully saturated rings. The second-order valence-corrected chi connectivity index (χ2v) is 17.7. The summed E-state index contributed by atoms with van der Waals surface area (Å²) in [6, 6.07) is 78.7. The van der Waals surface area contributed by atoms with Crippen LogP contribution in [0, 0.1) is 0 Å². The van der Waals surface area contributed by atoms with Crippen LogP contribution in [0.4, 0.5) is 34.1 Å². The summed E-state index contributed by atoms with van der Waals surface area (Å²) in [5, 5.41) is 17.3. The van der Waals surface area contributed by atoms with Crippen molar-refractivity contribution in [2.24, 2.45) is 0 Å². The molecule has 0 unspecified atom stereocenters. The Balaban J connectivity index is 1.22. The van der Waals surface area contributed by atoms with E-state index in [-0.39, 0.29) is 5.41 Å². The van der Waals surface area contributed by atoms with E-state index in [1.165, 1.54) is 86.7 Å². The maximum absolute atomic E-state index is 2.55. The molecular formula is C60H44N2. The number of fused-ring (bicyclic) bond motifs is 4. The zero-order valence-corrected chi connectivity index (χ0v) is 35.1. The van der Waals surface area contributed by atoms with Crippen LogP contribution in [-0.2, 0) is 5.41 Å². The molecule has 0 heterocycles. The van der Waals surface area contributed by atoms with Gasteiger partial charge in [0.1, 0.15) is 0 Å². The van der Waals surface area contributed by atoms with Gasteiger partial charge in [-0.15, -0.1) is 0 Å². The van der Waals surface area contributed by atoms with Gasteiger partial charge in [0.05, 0.1) is 34.1 Å². The highest BCUT2D eigenvalue weighted by molar-refractivity contribution is 6.29. The zero-order chi connectivity index (χ0) is 41.5.